The summed E-state index contributed by atoms with van der Waals surface area (Å²) < 4.78 is 0. The molecule has 1 N–H and O–H groups in total. The minimum absolute atomic E-state index is 0.172. The average Bonchev–Trinajstić information content (AvgIpc) is 2.28. The van der Waals surface area contributed by atoms with Crippen molar-refractivity contribution < 1.29 is 4.79 Å². The largest absolute Gasteiger partial charge is 0.352 e. The molecule has 1 aliphatic rings. The molecule has 1 amide bonds. The van der Waals surface area contributed by atoms with Gasteiger partial charge in [0.15, 0.2) is 0 Å². The molecule has 18 heavy (non-hydrogen) atoms. The number of hydrogen-bond donors (Lipinski definition) is 1. The predicted molar refractivity (Wildman–Crippen MR) is 69.7 cm³/mol. The van der Waals surface area contributed by atoms with Crippen molar-refractivity contribution in [2.75, 3.05) is 0 Å². The molecule has 0 radical (unpaired) electrons. The van der Waals surface area contributed by atoms with Crippen molar-refractivity contribution in [3.63, 3.8) is 0 Å². The van der Waals surface area contributed by atoms with Gasteiger partial charge in [-0.25, -0.2) is 0 Å². The van der Waals surface area contributed by atoms with E-state index in [0.29, 0.717) is 5.92 Å². The summed E-state index contributed by atoms with van der Waals surface area (Å²) >= 11 is 0. The van der Waals surface area contributed by atoms with Gasteiger partial charge in [-0.1, -0.05) is 36.8 Å². The smallest absolute Gasteiger partial charge is 0.242 e. The number of amides is 1. The molecule has 2 rings (SSSR count). The zero-order chi connectivity index (χ0) is 13.0. The van der Waals surface area contributed by atoms with Gasteiger partial charge in [-0.15, -0.1) is 0 Å². The van der Waals surface area contributed by atoms with E-state index >= 15 is 0 Å². The second kappa shape index (κ2) is 5.68. The SMILES string of the molecule is CC(NC(=O)C(C#N)c1ccccc1)C1CCC1. The van der Waals surface area contributed by atoms with Gasteiger partial charge in [0.25, 0.3) is 0 Å². The minimum Gasteiger partial charge on any atom is -0.352 e. The number of carbonyl (C=O) groups excluding carboxylic acids is 1. The van der Waals surface area contributed by atoms with E-state index < -0.39 is 5.92 Å². The van der Waals surface area contributed by atoms with Crippen molar-refractivity contribution >= 4 is 5.91 Å². The maximum atomic E-state index is 12.1. The highest BCUT2D eigenvalue weighted by Crippen LogP contribution is 2.29. The Bertz CT molecular complexity index is 445. The maximum Gasteiger partial charge on any atom is 0.242 e. The van der Waals surface area contributed by atoms with E-state index in [1.807, 2.05) is 37.3 Å². The zero-order valence-corrected chi connectivity index (χ0v) is 10.6. The monoisotopic (exact) mass is 242 g/mol. The maximum absolute atomic E-state index is 12.1. The van der Waals surface area contributed by atoms with Crippen molar-refractivity contribution in [2.45, 2.75) is 38.1 Å². The summed E-state index contributed by atoms with van der Waals surface area (Å²) in [5, 5.41) is 12.1. The average molecular weight is 242 g/mol. The molecular weight excluding hydrogens is 224 g/mol. The first-order chi connectivity index (χ1) is 8.72. The van der Waals surface area contributed by atoms with Gasteiger partial charge in [-0.3, -0.25) is 4.79 Å². The Balaban J connectivity index is 2.00. The lowest BCUT2D eigenvalue weighted by Gasteiger charge is -2.32. The number of rotatable bonds is 4. The molecule has 1 aromatic rings. The highest BCUT2D eigenvalue weighted by molar-refractivity contribution is 5.86. The molecule has 3 nitrogen and oxygen atoms in total. The lowest BCUT2D eigenvalue weighted by atomic mass is 9.80. The fraction of sp³-hybridized carbons (Fsp3) is 0.467. The first-order valence-corrected chi connectivity index (χ1v) is 6.47. The molecule has 0 saturated heterocycles. The van der Waals surface area contributed by atoms with Gasteiger partial charge in [-0.2, -0.15) is 5.26 Å². The molecule has 0 spiro atoms. The van der Waals surface area contributed by atoms with Crippen LogP contribution in [0.4, 0.5) is 0 Å². The number of carbonyl (C=O) groups is 1. The number of nitrogens with zero attached hydrogens (tertiary/aromatic N) is 1. The van der Waals surface area contributed by atoms with Gasteiger partial charge >= 0.3 is 0 Å². The van der Waals surface area contributed by atoms with Crippen LogP contribution in [-0.4, -0.2) is 11.9 Å². The Morgan fingerprint density at radius 2 is 2.06 bits per heavy atom. The first-order valence-electron chi connectivity index (χ1n) is 6.47. The van der Waals surface area contributed by atoms with E-state index in [-0.39, 0.29) is 11.9 Å². The van der Waals surface area contributed by atoms with Gasteiger partial charge in [0, 0.05) is 6.04 Å². The van der Waals surface area contributed by atoms with E-state index in [1.165, 1.54) is 19.3 Å². The van der Waals surface area contributed by atoms with E-state index in [1.54, 1.807) is 0 Å². The third kappa shape index (κ3) is 2.70. The number of nitrogens with one attached hydrogen (secondary N) is 1. The van der Waals surface area contributed by atoms with Gasteiger partial charge in [0.1, 0.15) is 5.92 Å². The normalized spacial score (nSPS) is 18.2. The molecule has 0 heterocycles. The summed E-state index contributed by atoms with van der Waals surface area (Å²) in [6.45, 7) is 2.03. The van der Waals surface area contributed by atoms with Gasteiger partial charge in [0.2, 0.25) is 5.91 Å². The Hall–Kier alpha value is -1.82. The third-order valence-corrected chi connectivity index (χ3v) is 3.75. The fourth-order valence-electron chi connectivity index (χ4n) is 2.30. The molecular formula is C15H18N2O. The number of hydrogen-bond acceptors (Lipinski definition) is 2. The summed E-state index contributed by atoms with van der Waals surface area (Å²) in [5.74, 6) is -0.291. The first kappa shape index (κ1) is 12.6. The molecule has 2 unspecified atom stereocenters. The van der Waals surface area contributed by atoms with Crippen LogP contribution in [0.25, 0.3) is 0 Å². The van der Waals surface area contributed by atoms with E-state index in [0.717, 1.165) is 5.56 Å². The van der Waals surface area contributed by atoms with E-state index in [2.05, 4.69) is 11.4 Å². The van der Waals surface area contributed by atoms with Crippen LogP contribution in [0.3, 0.4) is 0 Å². The highest BCUT2D eigenvalue weighted by Gasteiger charge is 2.28. The summed E-state index contributed by atoms with van der Waals surface area (Å²) in [6.07, 6.45) is 3.62. The van der Waals surface area contributed by atoms with Crippen LogP contribution >= 0.6 is 0 Å². The van der Waals surface area contributed by atoms with E-state index in [9.17, 15) is 4.79 Å². The number of benzene rings is 1. The van der Waals surface area contributed by atoms with Crippen LogP contribution in [0.15, 0.2) is 30.3 Å². The molecule has 0 aliphatic heterocycles. The predicted octanol–water partition coefficient (Wildman–Crippen LogP) is 2.60. The quantitative estimate of drug-likeness (QED) is 0.882. The van der Waals surface area contributed by atoms with Gasteiger partial charge < -0.3 is 5.32 Å². The Morgan fingerprint density at radius 3 is 2.56 bits per heavy atom. The van der Waals surface area contributed by atoms with Crippen LogP contribution in [0, 0.1) is 17.2 Å². The lowest BCUT2D eigenvalue weighted by molar-refractivity contribution is -0.122. The molecule has 3 heteroatoms. The topological polar surface area (TPSA) is 52.9 Å². The Morgan fingerprint density at radius 1 is 1.39 bits per heavy atom. The summed E-state index contributed by atoms with van der Waals surface area (Å²) in [7, 11) is 0. The van der Waals surface area contributed by atoms with Gasteiger partial charge in [-0.05, 0) is 31.2 Å². The van der Waals surface area contributed by atoms with Gasteiger partial charge in [0.05, 0.1) is 6.07 Å². The number of nitriles is 1. The molecule has 1 saturated carbocycles. The van der Waals surface area contributed by atoms with Crippen molar-refractivity contribution in [1.82, 2.24) is 5.32 Å². The van der Waals surface area contributed by atoms with Crippen LogP contribution in [0.5, 0.6) is 0 Å². The summed E-state index contributed by atoms with van der Waals surface area (Å²) in [6, 6.07) is 11.5. The Kier molecular flexibility index (Phi) is 3.99. The summed E-state index contributed by atoms with van der Waals surface area (Å²) in [5.41, 5.74) is 0.762. The standard InChI is InChI=1S/C15H18N2O/c1-11(12-8-5-9-12)17-15(18)14(10-16)13-6-3-2-4-7-13/h2-4,6-7,11-12,14H,5,8-9H2,1H3,(H,17,18). The molecule has 1 aliphatic carbocycles. The second-order valence-electron chi connectivity index (χ2n) is 4.96. The highest BCUT2D eigenvalue weighted by atomic mass is 16.1. The molecule has 0 aromatic heterocycles. The molecule has 1 fully saturated rings. The van der Waals surface area contributed by atoms with Crippen LogP contribution in [0.2, 0.25) is 0 Å². The fourth-order valence-corrected chi connectivity index (χ4v) is 2.30. The zero-order valence-electron chi connectivity index (χ0n) is 10.6. The van der Waals surface area contributed by atoms with Crippen molar-refractivity contribution in [3.05, 3.63) is 35.9 Å². The molecule has 1 aromatic carbocycles. The molecule has 94 valence electrons. The minimum atomic E-state index is -0.700. The van der Waals surface area contributed by atoms with E-state index in [4.69, 9.17) is 5.26 Å². The molecule has 0 bridgehead atoms. The third-order valence-electron chi connectivity index (χ3n) is 3.75. The van der Waals surface area contributed by atoms with Crippen LogP contribution < -0.4 is 5.32 Å². The Labute approximate surface area is 108 Å². The van der Waals surface area contributed by atoms with Crippen LogP contribution in [0.1, 0.15) is 37.7 Å². The van der Waals surface area contributed by atoms with Crippen molar-refractivity contribution in [2.24, 2.45) is 5.92 Å². The molecule has 2 atom stereocenters. The van der Waals surface area contributed by atoms with Crippen LogP contribution in [-0.2, 0) is 4.79 Å². The lowest BCUT2D eigenvalue weighted by Crippen LogP contribution is -2.42. The summed E-state index contributed by atoms with van der Waals surface area (Å²) in [4.78, 5) is 12.1. The van der Waals surface area contributed by atoms with Crippen molar-refractivity contribution in [3.8, 4) is 6.07 Å². The van der Waals surface area contributed by atoms with Crippen molar-refractivity contribution in [1.29, 1.82) is 5.26 Å². The second-order valence-corrected chi connectivity index (χ2v) is 4.96.